The molecule has 1 saturated carbocycles. The highest BCUT2D eigenvalue weighted by atomic mass is 16.7. The van der Waals surface area contributed by atoms with E-state index in [1.165, 1.54) is 19.3 Å². The fourth-order valence-corrected chi connectivity index (χ4v) is 2.79. The zero-order valence-electron chi connectivity index (χ0n) is 10.8. The first kappa shape index (κ1) is 13.3. The summed E-state index contributed by atoms with van der Waals surface area (Å²) in [7, 11) is 0. The van der Waals surface area contributed by atoms with Gasteiger partial charge in [-0.15, -0.1) is 0 Å². The molecule has 0 bridgehead atoms. The maximum absolute atomic E-state index is 8.92. The molecule has 2 fully saturated rings. The lowest BCUT2D eigenvalue weighted by Gasteiger charge is -2.35. The molecule has 0 radical (unpaired) electrons. The summed E-state index contributed by atoms with van der Waals surface area (Å²) in [5.41, 5.74) is 0. The average molecular weight is 243 g/mol. The lowest BCUT2D eigenvalue weighted by Crippen LogP contribution is -2.36. The van der Waals surface area contributed by atoms with Crippen LogP contribution < -0.4 is 5.32 Å². The van der Waals surface area contributed by atoms with Crippen LogP contribution in [0.25, 0.3) is 0 Å². The van der Waals surface area contributed by atoms with Gasteiger partial charge in [0.05, 0.1) is 19.8 Å². The summed E-state index contributed by atoms with van der Waals surface area (Å²) in [6.45, 7) is 4.76. The van der Waals surface area contributed by atoms with Gasteiger partial charge in [-0.2, -0.15) is 0 Å². The highest BCUT2D eigenvalue weighted by Gasteiger charge is 2.39. The third kappa shape index (κ3) is 3.65. The van der Waals surface area contributed by atoms with Gasteiger partial charge >= 0.3 is 0 Å². The largest absolute Gasteiger partial charge is 0.395 e. The van der Waals surface area contributed by atoms with E-state index in [0.29, 0.717) is 0 Å². The minimum atomic E-state index is -0.220. The Hall–Kier alpha value is -0.160. The summed E-state index contributed by atoms with van der Waals surface area (Å²) in [6, 6.07) is 0.214. The molecule has 0 aromatic rings. The maximum atomic E-state index is 8.92. The van der Waals surface area contributed by atoms with E-state index in [4.69, 9.17) is 14.6 Å². The summed E-state index contributed by atoms with van der Waals surface area (Å²) in [5.74, 6) is 0.564. The van der Waals surface area contributed by atoms with E-state index in [0.717, 1.165) is 38.5 Å². The van der Waals surface area contributed by atoms with E-state index in [-0.39, 0.29) is 18.4 Å². The second-order valence-corrected chi connectivity index (χ2v) is 5.38. The quantitative estimate of drug-likeness (QED) is 0.764. The average Bonchev–Trinajstić information content (AvgIpc) is 2.80. The molecule has 1 saturated heterocycles. The van der Waals surface area contributed by atoms with Crippen LogP contribution in [0, 0.1) is 5.92 Å². The minimum Gasteiger partial charge on any atom is -0.395 e. The van der Waals surface area contributed by atoms with Crippen LogP contribution in [0.4, 0.5) is 0 Å². The normalized spacial score (nSPS) is 26.5. The predicted molar refractivity (Wildman–Crippen MR) is 65.8 cm³/mol. The Bertz CT molecular complexity index is 219. The van der Waals surface area contributed by atoms with Crippen molar-refractivity contribution >= 4 is 0 Å². The molecule has 4 heteroatoms. The molecule has 1 unspecified atom stereocenters. The molecular formula is C13H25NO3. The van der Waals surface area contributed by atoms with Crippen LogP contribution in [0.3, 0.4) is 0 Å². The summed E-state index contributed by atoms with van der Waals surface area (Å²) < 4.78 is 11.4. The molecule has 1 heterocycles. The summed E-state index contributed by atoms with van der Waals surface area (Å²) in [5, 5.41) is 12.2. The number of rotatable bonds is 5. The van der Waals surface area contributed by atoms with Crippen LogP contribution in [-0.4, -0.2) is 43.3 Å². The van der Waals surface area contributed by atoms with Crippen molar-refractivity contribution in [3.05, 3.63) is 0 Å². The zero-order valence-corrected chi connectivity index (χ0v) is 10.8. The molecular weight excluding hydrogens is 218 g/mol. The fourth-order valence-electron chi connectivity index (χ4n) is 2.79. The Labute approximate surface area is 104 Å². The van der Waals surface area contributed by atoms with Crippen LogP contribution in [0.15, 0.2) is 0 Å². The lowest BCUT2D eigenvalue weighted by atomic mass is 9.83. The van der Waals surface area contributed by atoms with Crippen molar-refractivity contribution in [3.8, 4) is 0 Å². The van der Waals surface area contributed by atoms with Crippen LogP contribution >= 0.6 is 0 Å². The van der Waals surface area contributed by atoms with Crippen molar-refractivity contribution < 1.29 is 14.6 Å². The van der Waals surface area contributed by atoms with Crippen molar-refractivity contribution in [3.63, 3.8) is 0 Å². The molecule has 100 valence electrons. The van der Waals surface area contributed by atoms with Crippen LogP contribution in [0.2, 0.25) is 0 Å². The Morgan fingerprint density at radius 1 is 1.29 bits per heavy atom. The number of nitrogens with one attached hydrogen (secondary N) is 1. The molecule has 0 aromatic carbocycles. The van der Waals surface area contributed by atoms with Crippen molar-refractivity contribution in [2.45, 2.75) is 50.9 Å². The summed E-state index contributed by atoms with van der Waals surface area (Å²) >= 11 is 0. The number of hydrogen-bond donors (Lipinski definition) is 2. The van der Waals surface area contributed by atoms with E-state index >= 15 is 0 Å². The smallest absolute Gasteiger partial charge is 0.168 e. The topological polar surface area (TPSA) is 50.7 Å². The number of ether oxygens (including phenoxy) is 2. The highest BCUT2D eigenvalue weighted by Crippen LogP contribution is 2.39. The van der Waals surface area contributed by atoms with Gasteiger partial charge in [0.15, 0.2) is 5.79 Å². The van der Waals surface area contributed by atoms with E-state index in [2.05, 4.69) is 5.32 Å². The second-order valence-electron chi connectivity index (χ2n) is 5.38. The van der Waals surface area contributed by atoms with Gasteiger partial charge in [0, 0.05) is 18.9 Å². The molecule has 1 aliphatic carbocycles. The van der Waals surface area contributed by atoms with E-state index < -0.39 is 0 Å². The van der Waals surface area contributed by atoms with Gasteiger partial charge in [-0.25, -0.2) is 0 Å². The molecule has 1 aliphatic heterocycles. The first-order valence-corrected chi connectivity index (χ1v) is 6.86. The van der Waals surface area contributed by atoms with Crippen LogP contribution in [0.1, 0.15) is 39.0 Å². The molecule has 1 atom stereocenters. The Morgan fingerprint density at radius 3 is 2.53 bits per heavy atom. The van der Waals surface area contributed by atoms with Crippen molar-refractivity contribution in [1.29, 1.82) is 0 Å². The van der Waals surface area contributed by atoms with Gasteiger partial charge in [0.25, 0.3) is 0 Å². The Morgan fingerprint density at radius 2 is 1.94 bits per heavy atom. The van der Waals surface area contributed by atoms with Gasteiger partial charge < -0.3 is 19.9 Å². The van der Waals surface area contributed by atoms with Crippen LogP contribution in [-0.2, 0) is 9.47 Å². The third-order valence-electron chi connectivity index (χ3n) is 4.00. The number of aliphatic hydroxyl groups is 1. The monoisotopic (exact) mass is 243 g/mol. The van der Waals surface area contributed by atoms with Crippen LogP contribution in [0.5, 0.6) is 0 Å². The fraction of sp³-hybridized carbons (Fsp3) is 1.00. The van der Waals surface area contributed by atoms with Gasteiger partial charge in [-0.3, -0.25) is 0 Å². The van der Waals surface area contributed by atoms with Gasteiger partial charge in [-0.05, 0) is 38.6 Å². The highest BCUT2D eigenvalue weighted by molar-refractivity contribution is 4.82. The van der Waals surface area contributed by atoms with Gasteiger partial charge in [0.1, 0.15) is 0 Å². The minimum absolute atomic E-state index is 0.214. The van der Waals surface area contributed by atoms with Crippen molar-refractivity contribution in [1.82, 2.24) is 5.32 Å². The SMILES string of the molecule is CC(CO)NCCC1CCC2(CC1)OCCO2. The van der Waals surface area contributed by atoms with Gasteiger partial charge in [0.2, 0.25) is 0 Å². The summed E-state index contributed by atoms with van der Waals surface area (Å²) in [4.78, 5) is 0. The predicted octanol–water partition coefficient (Wildman–Crippen LogP) is 1.28. The molecule has 0 aromatic heterocycles. The second kappa shape index (κ2) is 6.14. The standard InChI is InChI=1S/C13H25NO3/c1-11(10-15)14-7-4-12-2-5-13(6-3-12)16-8-9-17-13/h11-12,14-15H,2-10H2,1H3. The molecule has 4 nitrogen and oxygen atoms in total. The molecule has 2 aliphatic rings. The first-order chi connectivity index (χ1) is 8.24. The van der Waals surface area contributed by atoms with E-state index in [1.54, 1.807) is 0 Å². The lowest BCUT2D eigenvalue weighted by molar-refractivity contribution is -0.182. The molecule has 17 heavy (non-hydrogen) atoms. The van der Waals surface area contributed by atoms with Crippen molar-refractivity contribution in [2.75, 3.05) is 26.4 Å². The number of hydrogen-bond acceptors (Lipinski definition) is 4. The molecule has 2 N–H and O–H groups in total. The van der Waals surface area contributed by atoms with Gasteiger partial charge in [-0.1, -0.05) is 0 Å². The van der Waals surface area contributed by atoms with Crippen molar-refractivity contribution in [2.24, 2.45) is 5.92 Å². The Kier molecular flexibility index (Phi) is 4.79. The summed E-state index contributed by atoms with van der Waals surface area (Å²) in [6.07, 6.45) is 5.70. The molecule has 1 spiro atoms. The number of aliphatic hydroxyl groups excluding tert-OH is 1. The third-order valence-corrected chi connectivity index (χ3v) is 4.00. The van der Waals surface area contributed by atoms with E-state index in [1.807, 2.05) is 6.92 Å². The molecule has 0 amide bonds. The molecule has 2 rings (SSSR count). The maximum Gasteiger partial charge on any atom is 0.168 e. The zero-order chi connectivity index (χ0) is 12.1. The van der Waals surface area contributed by atoms with E-state index in [9.17, 15) is 0 Å². The first-order valence-electron chi connectivity index (χ1n) is 6.86. The Balaban J connectivity index is 1.62.